The number of halogens is 2. The molecule has 0 atom stereocenters. The fraction of sp³-hybridized carbons (Fsp3) is 0.727. The largest absolute Gasteiger partial charge is 0.378 e. The van der Waals surface area contributed by atoms with E-state index in [1.165, 1.54) is 0 Å². The predicted octanol–water partition coefficient (Wildman–Crippen LogP) is 3.78. The van der Waals surface area contributed by atoms with Crippen LogP contribution in [-0.4, -0.2) is 16.9 Å². The van der Waals surface area contributed by atoms with Gasteiger partial charge in [-0.05, 0) is 12.8 Å². The molecule has 0 N–H and O–H groups in total. The molecule has 0 amide bonds. The van der Waals surface area contributed by atoms with Crippen LogP contribution in [0.15, 0.2) is 0 Å². The van der Waals surface area contributed by atoms with Crippen molar-refractivity contribution in [3.05, 3.63) is 16.4 Å². The van der Waals surface area contributed by atoms with E-state index in [0.29, 0.717) is 23.7 Å². The summed E-state index contributed by atoms with van der Waals surface area (Å²) in [6.07, 6.45) is 2.01. The Morgan fingerprint density at radius 3 is 2.44 bits per heavy atom. The maximum atomic E-state index is 6.28. The Balaban J connectivity index is 3.10. The number of nitrogens with zero attached hydrogens (tertiary/aromatic N) is 2. The molecule has 5 heteroatoms. The molecule has 0 aliphatic heterocycles. The van der Waals surface area contributed by atoms with Crippen molar-refractivity contribution < 1.29 is 4.74 Å². The zero-order valence-electron chi connectivity index (χ0n) is 9.96. The van der Waals surface area contributed by atoms with Gasteiger partial charge in [-0.15, -0.1) is 11.6 Å². The number of hydrogen-bond acceptors (Lipinski definition) is 2. The molecule has 0 saturated heterocycles. The molecule has 0 aliphatic rings. The lowest BCUT2D eigenvalue weighted by molar-refractivity contribution is 0.179. The summed E-state index contributed by atoms with van der Waals surface area (Å²) in [7, 11) is 1.64. The van der Waals surface area contributed by atoms with Gasteiger partial charge in [0.1, 0.15) is 5.15 Å². The molecule has 3 nitrogen and oxygen atoms in total. The highest BCUT2D eigenvalue weighted by atomic mass is 35.5. The van der Waals surface area contributed by atoms with Gasteiger partial charge >= 0.3 is 0 Å². The smallest absolute Gasteiger partial charge is 0.132 e. The third-order valence-corrected chi connectivity index (χ3v) is 3.40. The van der Waals surface area contributed by atoms with E-state index in [4.69, 9.17) is 27.9 Å². The average molecular weight is 265 g/mol. The summed E-state index contributed by atoms with van der Waals surface area (Å²) in [5.74, 6) is 0.373. The van der Waals surface area contributed by atoms with Gasteiger partial charge in [-0.25, -0.2) is 0 Å². The second-order valence-corrected chi connectivity index (χ2v) is 4.32. The highest BCUT2D eigenvalue weighted by Gasteiger charge is 2.19. The van der Waals surface area contributed by atoms with Gasteiger partial charge in [-0.2, -0.15) is 5.10 Å². The molecule has 92 valence electrons. The quantitative estimate of drug-likeness (QED) is 0.732. The van der Waals surface area contributed by atoms with Crippen molar-refractivity contribution in [2.75, 3.05) is 7.11 Å². The van der Waals surface area contributed by atoms with E-state index in [9.17, 15) is 0 Å². The maximum Gasteiger partial charge on any atom is 0.132 e. The Kier molecular flexibility index (Phi) is 5.59. The van der Waals surface area contributed by atoms with Gasteiger partial charge in [0.05, 0.1) is 24.2 Å². The van der Waals surface area contributed by atoms with Gasteiger partial charge in [0.15, 0.2) is 0 Å². The second kappa shape index (κ2) is 6.48. The first-order valence-corrected chi connectivity index (χ1v) is 6.41. The number of alkyl halides is 1. The monoisotopic (exact) mass is 264 g/mol. The molecule has 0 saturated carbocycles. The molecule has 1 aromatic rings. The van der Waals surface area contributed by atoms with Gasteiger partial charge in [-0.3, -0.25) is 4.68 Å². The molecule has 1 aromatic heterocycles. The zero-order chi connectivity index (χ0) is 12.1. The first kappa shape index (κ1) is 13.8. The third kappa shape index (κ3) is 2.70. The first-order chi connectivity index (χ1) is 7.69. The molecular formula is C11H18Cl2N2O. The summed E-state index contributed by atoms with van der Waals surface area (Å²) < 4.78 is 6.96. The van der Waals surface area contributed by atoms with E-state index in [1.807, 2.05) is 4.68 Å². The Hall–Kier alpha value is -0.250. The lowest BCUT2D eigenvalue weighted by Crippen LogP contribution is -2.09. The number of ether oxygens (including phenoxy) is 1. The van der Waals surface area contributed by atoms with Crippen LogP contribution < -0.4 is 0 Å². The van der Waals surface area contributed by atoms with Gasteiger partial charge in [0.2, 0.25) is 0 Å². The van der Waals surface area contributed by atoms with Crippen molar-refractivity contribution >= 4 is 23.2 Å². The van der Waals surface area contributed by atoms with Gasteiger partial charge in [0, 0.05) is 12.7 Å². The van der Waals surface area contributed by atoms with Crippen LogP contribution in [0.4, 0.5) is 0 Å². The van der Waals surface area contributed by atoms with Gasteiger partial charge in [-0.1, -0.05) is 25.4 Å². The van der Waals surface area contributed by atoms with Gasteiger partial charge < -0.3 is 4.74 Å². The number of aromatic nitrogens is 2. The molecule has 0 bridgehead atoms. The minimum atomic E-state index is 0.333. The molecular weight excluding hydrogens is 247 g/mol. The summed E-state index contributed by atoms with van der Waals surface area (Å²) in [6.45, 7) is 4.71. The van der Waals surface area contributed by atoms with Crippen LogP contribution in [-0.2, 0) is 17.2 Å². The maximum absolute atomic E-state index is 6.28. The summed E-state index contributed by atoms with van der Waals surface area (Å²) >= 11 is 12.2. The van der Waals surface area contributed by atoms with E-state index < -0.39 is 0 Å². The molecule has 1 heterocycles. The Morgan fingerprint density at radius 2 is 2.00 bits per heavy atom. The average Bonchev–Trinajstić information content (AvgIpc) is 2.58. The van der Waals surface area contributed by atoms with Crippen molar-refractivity contribution in [1.29, 1.82) is 0 Å². The first-order valence-electron chi connectivity index (χ1n) is 5.50. The van der Waals surface area contributed by atoms with Crippen molar-refractivity contribution in [1.82, 2.24) is 9.78 Å². The number of hydrogen-bond donors (Lipinski definition) is 0. The van der Waals surface area contributed by atoms with Crippen molar-refractivity contribution in [2.24, 2.45) is 0 Å². The van der Waals surface area contributed by atoms with Crippen molar-refractivity contribution in [3.63, 3.8) is 0 Å². The molecule has 16 heavy (non-hydrogen) atoms. The topological polar surface area (TPSA) is 27.1 Å². The van der Waals surface area contributed by atoms with E-state index in [-0.39, 0.29) is 0 Å². The Bertz CT molecular complexity index is 335. The summed E-state index contributed by atoms with van der Waals surface area (Å²) in [5, 5.41) is 5.14. The number of rotatable bonds is 6. The van der Waals surface area contributed by atoms with Crippen LogP contribution in [0.3, 0.4) is 0 Å². The fourth-order valence-corrected chi connectivity index (χ4v) is 2.45. The van der Waals surface area contributed by atoms with Crippen molar-refractivity contribution in [2.45, 2.75) is 45.2 Å². The van der Waals surface area contributed by atoms with Gasteiger partial charge in [0.25, 0.3) is 0 Å². The minimum absolute atomic E-state index is 0.333. The standard InChI is InChI=1S/C11H18Cl2N2O/c1-4-8(5-2)15-11(13)9(6-12)10(14-15)7-16-3/h8H,4-7H2,1-3H3. The third-order valence-electron chi connectivity index (χ3n) is 2.73. The SMILES string of the molecule is CCC(CC)n1nc(COC)c(CCl)c1Cl. The van der Waals surface area contributed by atoms with Crippen LogP contribution in [0, 0.1) is 0 Å². The molecule has 0 unspecified atom stereocenters. The highest BCUT2D eigenvalue weighted by molar-refractivity contribution is 6.31. The zero-order valence-corrected chi connectivity index (χ0v) is 11.5. The van der Waals surface area contributed by atoms with Crippen LogP contribution in [0.2, 0.25) is 5.15 Å². The highest BCUT2D eigenvalue weighted by Crippen LogP contribution is 2.28. The second-order valence-electron chi connectivity index (χ2n) is 3.70. The number of methoxy groups -OCH3 is 1. The predicted molar refractivity (Wildman–Crippen MR) is 67.1 cm³/mol. The molecule has 0 aliphatic carbocycles. The van der Waals surface area contributed by atoms with E-state index >= 15 is 0 Å². The van der Waals surface area contributed by atoms with Crippen molar-refractivity contribution in [3.8, 4) is 0 Å². The van der Waals surface area contributed by atoms with Crippen LogP contribution in [0.1, 0.15) is 44.0 Å². The van der Waals surface area contributed by atoms with E-state index in [0.717, 1.165) is 24.1 Å². The normalized spacial score (nSPS) is 11.4. The van der Waals surface area contributed by atoms with E-state index in [1.54, 1.807) is 7.11 Å². The molecule has 0 fully saturated rings. The summed E-state index contributed by atoms with van der Waals surface area (Å²) in [5.41, 5.74) is 1.73. The van der Waals surface area contributed by atoms with Crippen LogP contribution in [0.25, 0.3) is 0 Å². The summed E-state index contributed by atoms with van der Waals surface area (Å²) in [4.78, 5) is 0. The molecule has 0 radical (unpaired) electrons. The van der Waals surface area contributed by atoms with Crippen LogP contribution >= 0.6 is 23.2 Å². The van der Waals surface area contributed by atoms with E-state index in [2.05, 4.69) is 18.9 Å². The molecule has 0 aromatic carbocycles. The molecule has 0 spiro atoms. The van der Waals surface area contributed by atoms with Crippen LogP contribution in [0.5, 0.6) is 0 Å². The Morgan fingerprint density at radius 1 is 1.38 bits per heavy atom. The summed E-state index contributed by atoms with van der Waals surface area (Å²) in [6, 6.07) is 0.333. The fourth-order valence-electron chi connectivity index (χ4n) is 1.75. The minimum Gasteiger partial charge on any atom is -0.378 e. The lowest BCUT2D eigenvalue weighted by Gasteiger charge is -2.14. The Labute approximate surface area is 107 Å². The lowest BCUT2D eigenvalue weighted by atomic mass is 10.2. The molecule has 1 rings (SSSR count).